The molecule has 2 fully saturated rings. The Morgan fingerprint density at radius 3 is 2.37 bits per heavy atom. The minimum atomic E-state index is -4.98. The number of rotatable bonds is 7. The SMILES string of the molecule is O=C1/C(=C/c2ccc(-c3cc(C(F)(F)F)cc(C(F)(F)F)c3)o2)SC(=S)N1CC1CCN(CCc2nn[nH]n2)CC1. The fourth-order valence-electron chi connectivity index (χ4n) is 4.67. The monoisotopic (exact) mass is 616 g/mol. The molecule has 1 aromatic carbocycles. The summed E-state index contributed by atoms with van der Waals surface area (Å²) in [7, 11) is 0. The van der Waals surface area contributed by atoms with Gasteiger partial charge in [0.2, 0.25) is 0 Å². The van der Waals surface area contributed by atoms with E-state index in [0.717, 1.165) is 44.2 Å². The molecule has 0 radical (unpaired) electrons. The van der Waals surface area contributed by atoms with E-state index in [4.69, 9.17) is 16.6 Å². The zero-order valence-corrected chi connectivity index (χ0v) is 22.8. The van der Waals surface area contributed by atoms with E-state index >= 15 is 0 Å². The molecule has 0 atom stereocenters. The molecule has 3 aromatic rings. The number of aromatic amines is 1. The molecule has 5 rings (SSSR count). The molecule has 0 saturated carbocycles. The van der Waals surface area contributed by atoms with Gasteiger partial charge in [-0.05, 0) is 62.2 Å². The van der Waals surface area contributed by atoms with Crippen LogP contribution in [0, 0.1) is 5.92 Å². The Morgan fingerprint density at radius 2 is 1.76 bits per heavy atom. The van der Waals surface area contributed by atoms with Crippen molar-refractivity contribution in [3.63, 3.8) is 0 Å². The fraction of sp³-hybridized carbons (Fsp3) is 0.400. The lowest BCUT2D eigenvalue weighted by atomic mass is 9.96. The Morgan fingerprint density at radius 1 is 1.07 bits per heavy atom. The van der Waals surface area contributed by atoms with Crippen molar-refractivity contribution in [1.82, 2.24) is 30.4 Å². The molecule has 218 valence electrons. The molecule has 1 amide bonds. The number of halogens is 6. The highest BCUT2D eigenvalue weighted by atomic mass is 32.2. The highest BCUT2D eigenvalue weighted by Gasteiger charge is 2.38. The smallest absolute Gasteiger partial charge is 0.416 e. The van der Waals surface area contributed by atoms with Crippen LogP contribution < -0.4 is 0 Å². The van der Waals surface area contributed by atoms with Crippen LogP contribution in [0.1, 0.15) is 35.6 Å². The fourth-order valence-corrected chi connectivity index (χ4v) is 5.92. The molecular weight excluding hydrogens is 594 g/mol. The van der Waals surface area contributed by atoms with Gasteiger partial charge in [-0.3, -0.25) is 9.69 Å². The number of amides is 1. The second-order valence-electron chi connectivity index (χ2n) is 9.65. The summed E-state index contributed by atoms with van der Waals surface area (Å²) in [6.07, 6.45) is -6.13. The number of furan rings is 1. The number of carbonyl (C=O) groups excluding carboxylic acids is 1. The van der Waals surface area contributed by atoms with Gasteiger partial charge >= 0.3 is 12.4 Å². The lowest BCUT2D eigenvalue weighted by Crippen LogP contribution is -2.40. The van der Waals surface area contributed by atoms with E-state index in [1.807, 2.05) is 0 Å². The Labute approximate surface area is 239 Å². The first kappa shape index (κ1) is 29.3. The van der Waals surface area contributed by atoms with Crippen molar-refractivity contribution in [2.45, 2.75) is 31.6 Å². The van der Waals surface area contributed by atoms with E-state index in [1.54, 1.807) is 0 Å². The van der Waals surface area contributed by atoms with Gasteiger partial charge in [0.05, 0.1) is 16.0 Å². The summed E-state index contributed by atoms with van der Waals surface area (Å²) in [5, 5.41) is 13.9. The third kappa shape index (κ3) is 6.98. The maximum Gasteiger partial charge on any atom is 0.416 e. The summed E-state index contributed by atoms with van der Waals surface area (Å²) in [6, 6.07) is 3.87. The summed E-state index contributed by atoms with van der Waals surface area (Å²) in [5.74, 6) is 0.477. The number of tetrazole rings is 1. The van der Waals surface area contributed by atoms with Crippen molar-refractivity contribution in [2.75, 3.05) is 26.2 Å². The van der Waals surface area contributed by atoms with E-state index < -0.39 is 23.5 Å². The number of hydrogen-bond acceptors (Lipinski definition) is 8. The maximum atomic E-state index is 13.2. The summed E-state index contributed by atoms with van der Waals surface area (Å²) in [6.45, 7) is 2.97. The molecule has 1 N–H and O–H groups in total. The van der Waals surface area contributed by atoms with Crippen molar-refractivity contribution < 1.29 is 35.6 Å². The van der Waals surface area contributed by atoms with Gasteiger partial charge in [0.15, 0.2) is 5.82 Å². The molecule has 16 heteroatoms. The van der Waals surface area contributed by atoms with Crippen molar-refractivity contribution >= 4 is 40.3 Å². The highest BCUT2D eigenvalue weighted by Crippen LogP contribution is 2.40. The van der Waals surface area contributed by atoms with Crippen molar-refractivity contribution in [3.05, 3.63) is 57.9 Å². The Bertz CT molecular complexity index is 1410. The Balaban J connectivity index is 1.23. The number of thiocarbonyl (C=S) groups is 1. The van der Waals surface area contributed by atoms with Gasteiger partial charge in [-0.1, -0.05) is 29.2 Å². The number of thioether (sulfide) groups is 1. The molecule has 2 aromatic heterocycles. The highest BCUT2D eigenvalue weighted by molar-refractivity contribution is 8.26. The van der Waals surface area contributed by atoms with Crippen molar-refractivity contribution in [2.24, 2.45) is 5.92 Å². The minimum Gasteiger partial charge on any atom is -0.457 e. The number of nitrogens with one attached hydrogen (secondary N) is 1. The van der Waals surface area contributed by atoms with Crippen molar-refractivity contribution in [1.29, 1.82) is 0 Å². The van der Waals surface area contributed by atoms with E-state index in [9.17, 15) is 31.1 Å². The molecule has 2 aliphatic heterocycles. The van der Waals surface area contributed by atoms with Gasteiger partial charge in [-0.15, -0.1) is 10.2 Å². The largest absolute Gasteiger partial charge is 0.457 e. The number of H-pyrrole nitrogens is 1. The third-order valence-electron chi connectivity index (χ3n) is 6.83. The minimum absolute atomic E-state index is 0.0544. The van der Waals surface area contributed by atoms with Crippen LogP contribution in [0.25, 0.3) is 17.4 Å². The number of nitrogens with zero attached hydrogens (tertiary/aromatic N) is 5. The number of likely N-dealkylation sites (tertiary alicyclic amines) is 1. The summed E-state index contributed by atoms with van der Waals surface area (Å²) < 4.78 is 85.4. The number of aromatic nitrogens is 4. The molecule has 8 nitrogen and oxygen atoms in total. The van der Waals surface area contributed by atoms with E-state index in [0.29, 0.717) is 35.2 Å². The molecular formula is C25H22F6N6O2S2. The van der Waals surface area contributed by atoms with E-state index in [2.05, 4.69) is 25.5 Å². The normalized spacial score (nSPS) is 18.7. The van der Waals surface area contributed by atoms with Crippen LogP contribution in [0.5, 0.6) is 0 Å². The zero-order valence-electron chi connectivity index (χ0n) is 21.1. The topological polar surface area (TPSA) is 91.2 Å². The van der Waals surface area contributed by atoms with Crippen molar-refractivity contribution in [3.8, 4) is 11.3 Å². The first-order chi connectivity index (χ1) is 19.4. The molecule has 0 bridgehead atoms. The number of hydrogen-bond donors (Lipinski definition) is 1. The Kier molecular flexibility index (Phi) is 8.25. The summed E-state index contributed by atoms with van der Waals surface area (Å²) >= 11 is 6.49. The van der Waals surface area contributed by atoms with Crippen LogP contribution in [0.2, 0.25) is 0 Å². The van der Waals surface area contributed by atoms with Crippen LogP contribution in [-0.2, 0) is 23.6 Å². The lowest BCUT2D eigenvalue weighted by Gasteiger charge is -2.33. The molecule has 41 heavy (non-hydrogen) atoms. The number of carbonyl (C=O) groups is 1. The average Bonchev–Trinajstić information content (AvgIpc) is 3.66. The van der Waals surface area contributed by atoms with Gasteiger partial charge in [0.1, 0.15) is 15.8 Å². The second-order valence-corrected chi connectivity index (χ2v) is 11.3. The van der Waals surface area contributed by atoms with E-state index in [-0.39, 0.29) is 39.9 Å². The number of piperidine rings is 1. The standard InChI is InChI=1S/C25H22F6N6O2S2/c26-24(27,28)16-9-15(10-17(11-16)25(29,30)31)19-2-1-18(39-19)12-20-22(38)37(23(40)41-20)13-14-3-6-36(7-4-14)8-5-21-32-34-35-33-21/h1-2,9-12,14H,3-8,13H2,(H,32,33,34,35)/b20-12-. The molecule has 2 saturated heterocycles. The van der Waals surface area contributed by atoms with Crippen LogP contribution >= 0.6 is 24.0 Å². The average molecular weight is 617 g/mol. The van der Waals surface area contributed by atoms with Gasteiger partial charge in [-0.2, -0.15) is 31.6 Å². The van der Waals surface area contributed by atoms with Gasteiger partial charge < -0.3 is 9.32 Å². The number of alkyl halides is 6. The van der Waals surface area contributed by atoms with Crippen LogP contribution in [0.3, 0.4) is 0 Å². The lowest BCUT2D eigenvalue weighted by molar-refractivity contribution is -0.143. The van der Waals surface area contributed by atoms with Gasteiger partial charge in [0, 0.05) is 31.1 Å². The predicted molar refractivity (Wildman–Crippen MR) is 141 cm³/mol. The summed E-state index contributed by atoms with van der Waals surface area (Å²) in [5.41, 5.74) is -3.28. The van der Waals surface area contributed by atoms with Crippen LogP contribution in [0.4, 0.5) is 26.3 Å². The van der Waals surface area contributed by atoms with E-state index in [1.165, 1.54) is 23.1 Å². The Hall–Kier alpha value is -3.24. The number of benzene rings is 1. The third-order valence-corrected chi connectivity index (χ3v) is 8.21. The van der Waals surface area contributed by atoms with Gasteiger partial charge in [0.25, 0.3) is 5.91 Å². The summed E-state index contributed by atoms with van der Waals surface area (Å²) in [4.78, 5) is 17.2. The first-order valence-electron chi connectivity index (χ1n) is 12.5. The van der Waals surface area contributed by atoms with Crippen LogP contribution in [0.15, 0.2) is 39.7 Å². The second kappa shape index (κ2) is 11.6. The molecule has 0 aliphatic carbocycles. The quantitative estimate of drug-likeness (QED) is 0.207. The van der Waals surface area contributed by atoms with Crippen LogP contribution in [-0.4, -0.2) is 66.8 Å². The molecule has 0 unspecified atom stereocenters. The molecule has 2 aliphatic rings. The zero-order chi connectivity index (χ0) is 29.4. The molecule has 0 spiro atoms. The van der Waals surface area contributed by atoms with Gasteiger partial charge in [-0.25, -0.2) is 0 Å². The maximum absolute atomic E-state index is 13.2. The molecule has 4 heterocycles. The predicted octanol–water partition coefficient (Wildman–Crippen LogP) is 5.65. The first-order valence-corrected chi connectivity index (χ1v) is 13.7.